The van der Waals surface area contributed by atoms with Gasteiger partial charge in [0.15, 0.2) is 5.69 Å². The number of aromatic nitrogens is 3. The minimum atomic E-state index is -0.0823. The third-order valence-corrected chi connectivity index (χ3v) is 5.43. The van der Waals surface area contributed by atoms with Crippen LogP contribution in [0.5, 0.6) is 0 Å². The second kappa shape index (κ2) is 5.54. The number of rotatable bonds is 4. The number of amides is 1. The summed E-state index contributed by atoms with van der Waals surface area (Å²) in [7, 11) is 0. The van der Waals surface area contributed by atoms with Crippen LogP contribution in [0.25, 0.3) is 0 Å². The summed E-state index contributed by atoms with van der Waals surface area (Å²) in [5, 5.41) is 8.41. The molecule has 1 saturated heterocycles. The molecule has 1 saturated carbocycles. The molecular formula is C18H20N4O3. The van der Waals surface area contributed by atoms with Gasteiger partial charge in [-0.2, -0.15) is 5.10 Å². The summed E-state index contributed by atoms with van der Waals surface area (Å²) < 4.78 is 6.82. The van der Waals surface area contributed by atoms with Crippen LogP contribution in [0.2, 0.25) is 0 Å². The van der Waals surface area contributed by atoms with Crippen molar-refractivity contribution >= 4 is 5.91 Å². The van der Waals surface area contributed by atoms with Gasteiger partial charge in [-0.1, -0.05) is 5.16 Å². The van der Waals surface area contributed by atoms with Gasteiger partial charge in [-0.15, -0.1) is 0 Å². The fraction of sp³-hybridized carbons (Fsp3) is 0.556. The highest BCUT2D eigenvalue weighted by atomic mass is 16.5. The van der Waals surface area contributed by atoms with Gasteiger partial charge >= 0.3 is 0 Å². The van der Waals surface area contributed by atoms with Crippen LogP contribution in [0.15, 0.2) is 21.5 Å². The monoisotopic (exact) mass is 340 g/mol. The van der Waals surface area contributed by atoms with Crippen molar-refractivity contribution in [2.75, 3.05) is 13.1 Å². The molecule has 0 atom stereocenters. The lowest BCUT2D eigenvalue weighted by Gasteiger charge is -2.38. The van der Waals surface area contributed by atoms with E-state index in [1.54, 1.807) is 21.7 Å². The lowest BCUT2D eigenvalue weighted by Crippen LogP contribution is -2.52. The molecule has 2 aliphatic carbocycles. The van der Waals surface area contributed by atoms with E-state index in [1.165, 1.54) is 0 Å². The zero-order chi connectivity index (χ0) is 17.0. The second-order valence-electron chi connectivity index (χ2n) is 7.46. The van der Waals surface area contributed by atoms with Crippen molar-refractivity contribution in [2.45, 2.75) is 44.6 Å². The van der Waals surface area contributed by atoms with Crippen molar-refractivity contribution in [3.05, 3.63) is 45.2 Å². The van der Waals surface area contributed by atoms with Gasteiger partial charge in [0, 0.05) is 37.1 Å². The first kappa shape index (κ1) is 14.9. The average molecular weight is 340 g/mol. The molecule has 0 unspecified atom stereocenters. The van der Waals surface area contributed by atoms with Crippen LogP contribution in [-0.4, -0.2) is 38.8 Å². The molecule has 2 aromatic heterocycles. The number of carbonyl (C=O) groups is 1. The zero-order valence-electron chi connectivity index (χ0n) is 14.0. The molecule has 0 bridgehead atoms. The molecule has 7 heteroatoms. The number of hydrogen-bond donors (Lipinski definition) is 0. The summed E-state index contributed by atoms with van der Waals surface area (Å²) in [6.07, 6.45) is 5.25. The molecule has 2 fully saturated rings. The average Bonchev–Trinajstić information content (AvgIpc) is 3.12. The Labute approximate surface area is 144 Å². The molecule has 0 spiro atoms. The normalized spacial score (nSPS) is 19.8. The largest absolute Gasteiger partial charge is 0.360 e. The van der Waals surface area contributed by atoms with Gasteiger partial charge in [0.1, 0.15) is 5.76 Å². The fourth-order valence-electron chi connectivity index (χ4n) is 3.78. The Hall–Kier alpha value is -2.44. The summed E-state index contributed by atoms with van der Waals surface area (Å²) >= 11 is 0. The molecule has 0 radical (unpaired) electrons. The Bertz CT molecular complexity index is 890. The van der Waals surface area contributed by atoms with E-state index >= 15 is 0 Å². The summed E-state index contributed by atoms with van der Waals surface area (Å²) in [6.45, 7) is 1.84. The number of carbonyl (C=O) groups excluding carboxylic acids is 1. The first-order valence-corrected chi connectivity index (χ1v) is 9.03. The van der Waals surface area contributed by atoms with E-state index < -0.39 is 0 Å². The van der Waals surface area contributed by atoms with Crippen LogP contribution >= 0.6 is 0 Å². The minimum absolute atomic E-state index is 0.0315. The Morgan fingerprint density at radius 1 is 1.24 bits per heavy atom. The molecule has 7 nitrogen and oxygen atoms in total. The van der Waals surface area contributed by atoms with Crippen LogP contribution in [0.3, 0.4) is 0 Å². The van der Waals surface area contributed by atoms with E-state index in [1.807, 2.05) is 0 Å². The molecule has 3 aliphatic rings. The van der Waals surface area contributed by atoms with E-state index in [2.05, 4.69) is 10.3 Å². The minimum Gasteiger partial charge on any atom is -0.360 e. The van der Waals surface area contributed by atoms with Gasteiger partial charge < -0.3 is 9.42 Å². The predicted octanol–water partition coefficient (Wildman–Crippen LogP) is 1.37. The quantitative estimate of drug-likeness (QED) is 0.840. The predicted molar refractivity (Wildman–Crippen MR) is 88.4 cm³/mol. The fourth-order valence-corrected chi connectivity index (χ4v) is 3.78. The molecule has 0 N–H and O–H groups in total. The topological polar surface area (TPSA) is 81.2 Å². The number of likely N-dealkylation sites (tertiary alicyclic amines) is 1. The van der Waals surface area contributed by atoms with Crippen LogP contribution in [-0.2, 0) is 19.4 Å². The summed E-state index contributed by atoms with van der Waals surface area (Å²) in [6, 6.07) is 3.51. The summed E-state index contributed by atoms with van der Waals surface area (Å²) in [4.78, 5) is 26.3. The van der Waals surface area contributed by atoms with Crippen LogP contribution in [0, 0.1) is 5.92 Å². The van der Waals surface area contributed by atoms with Crippen molar-refractivity contribution in [3.63, 3.8) is 0 Å². The van der Waals surface area contributed by atoms with Crippen LogP contribution in [0.1, 0.15) is 52.7 Å². The van der Waals surface area contributed by atoms with E-state index in [9.17, 15) is 9.59 Å². The molecule has 3 heterocycles. The van der Waals surface area contributed by atoms with Crippen molar-refractivity contribution < 1.29 is 9.32 Å². The number of hydrogen-bond acceptors (Lipinski definition) is 5. The summed E-state index contributed by atoms with van der Waals surface area (Å²) in [5.74, 6) is 1.47. The zero-order valence-corrected chi connectivity index (χ0v) is 14.0. The SMILES string of the molecule is O=C(c1cc(C2CC2)on1)N1CC(Cn2nc3c(cc2=O)CCC3)C1. The highest BCUT2D eigenvalue weighted by molar-refractivity contribution is 5.92. The lowest BCUT2D eigenvalue weighted by atomic mass is 9.99. The van der Waals surface area contributed by atoms with Crippen molar-refractivity contribution in [2.24, 2.45) is 5.92 Å². The van der Waals surface area contributed by atoms with E-state index in [0.29, 0.717) is 31.2 Å². The molecule has 0 aromatic carbocycles. The highest BCUT2D eigenvalue weighted by Crippen LogP contribution is 2.40. The Morgan fingerprint density at radius 3 is 2.88 bits per heavy atom. The maximum absolute atomic E-state index is 12.4. The van der Waals surface area contributed by atoms with Gasteiger partial charge in [-0.3, -0.25) is 9.59 Å². The van der Waals surface area contributed by atoms with Gasteiger partial charge in [-0.05, 0) is 37.7 Å². The third kappa shape index (κ3) is 2.67. The Balaban J connectivity index is 1.21. The van der Waals surface area contributed by atoms with Gasteiger partial charge in [0.05, 0.1) is 12.2 Å². The molecule has 2 aromatic rings. The number of fused-ring (bicyclic) bond motifs is 1. The first-order chi connectivity index (χ1) is 12.2. The standard InChI is InChI=1S/C18H20N4O3/c23-17-6-13-2-1-3-14(13)19-22(17)10-11-8-21(9-11)18(24)15-7-16(25-20-15)12-4-5-12/h6-7,11-12H,1-5,8-10H2. The van der Waals surface area contributed by atoms with Crippen LogP contribution in [0.4, 0.5) is 0 Å². The molecule has 5 rings (SSSR count). The lowest BCUT2D eigenvalue weighted by molar-refractivity contribution is 0.0448. The van der Waals surface area contributed by atoms with Crippen molar-refractivity contribution in [1.29, 1.82) is 0 Å². The smallest absolute Gasteiger partial charge is 0.276 e. The highest BCUT2D eigenvalue weighted by Gasteiger charge is 2.35. The van der Waals surface area contributed by atoms with E-state index in [-0.39, 0.29) is 17.4 Å². The van der Waals surface area contributed by atoms with Crippen molar-refractivity contribution in [3.8, 4) is 0 Å². The van der Waals surface area contributed by atoms with E-state index in [4.69, 9.17) is 4.52 Å². The van der Waals surface area contributed by atoms with Crippen LogP contribution < -0.4 is 5.56 Å². The van der Waals surface area contributed by atoms with Crippen molar-refractivity contribution in [1.82, 2.24) is 19.8 Å². The first-order valence-electron chi connectivity index (χ1n) is 9.03. The maximum Gasteiger partial charge on any atom is 0.276 e. The Morgan fingerprint density at radius 2 is 2.08 bits per heavy atom. The second-order valence-corrected chi connectivity index (χ2v) is 7.46. The Kier molecular flexibility index (Phi) is 3.29. The molecule has 1 aliphatic heterocycles. The third-order valence-electron chi connectivity index (χ3n) is 5.43. The molecule has 25 heavy (non-hydrogen) atoms. The molecular weight excluding hydrogens is 320 g/mol. The van der Waals surface area contributed by atoms with Gasteiger partial charge in [0.25, 0.3) is 11.5 Å². The maximum atomic E-state index is 12.4. The van der Waals surface area contributed by atoms with Gasteiger partial charge in [-0.25, -0.2) is 4.68 Å². The molecule has 1 amide bonds. The van der Waals surface area contributed by atoms with Gasteiger partial charge in [0.2, 0.25) is 0 Å². The number of aryl methyl sites for hydroxylation is 2. The number of nitrogens with zero attached hydrogens (tertiary/aromatic N) is 4. The van der Waals surface area contributed by atoms with E-state index in [0.717, 1.165) is 49.1 Å². The summed E-state index contributed by atoms with van der Waals surface area (Å²) in [5.41, 5.74) is 2.52. The molecule has 130 valence electrons.